The summed E-state index contributed by atoms with van der Waals surface area (Å²) in [5, 5.41) is 7.66. The van der Waals surface area contributed by atoms with Crippen molar-refractivity contribution in [2.45, 2.75) is 24.8 Å². The lowest BCUT2D eigenvalue weighted by molar-refractivity contribution is 0.190. The second kappa shape index (κ2) is 8.06. The number of oxazole rings is 1. The molecular formula is C19H25ClN6O2. The number of para-hydroxylation sites is 2. The van der Waals surface area contributed by atoms with Gasteiger partial charge in [-0.25, -0.2) is 0 Å². The van der Waals surface area contributed by atoms with Crippen molar-refractivity contribution < 1.29 is 8.94 Å². The zero-order valence-corrected chi connectivity index (χ0v) is 16.7. The summed E-state index contributed by atoms with van der Waals surface area (Å²) >= 11 is 0. The molecule has 0 aliphatic carbocycles. The van der Waals surface area contributed by atoms with E-state index in [1.165, 1.54) is 0 Å². The molecule has 1 aromatic carbocycles. The minimum atomic E-state index is 0. The van der Waals surface area contributed by atoms with Crippen LogP contribution in [0.2, 0.25) is 0 Å². The van der Waals surface area contributed by atoms with Gasteiger partial charge < -0.3 is 19.2 Å². The highest BCUT2D eigenvalue weighted by molar-refractivity contribution is 5.85. The molecule has 3 aromatic rings. The third-order valence-corrected chi connectivity index (χ3v) is 5.66. The summed E-state index contributed by atoms with van der Waals surface area (Å²) in [6.07, 6.45) is 1.91. The predicted molar refractivity (Wildman–Crippen MR) is 108 cm³/mol. The average Bonchev–Trinajstić information content (AvgIpc) is 3.36. The molecule has 28 heavy (non-hydrogen) atoms. The topological polar surface area (TPSA) is 83.5 Å². The maximum atomic E-state index is 5.89. The molecule has 2 aliphatic rings. The Labute approximate surface area is 169 Å². The molecule has 0 bridgehead atoms. The Morgan fingerprint density at radius 1 is 1.11 bits per heavy atom. The third-order valence-electron chi connectivity index (χ3n) is 5.66. The lowest BCUT2D eigenvalue weighted by Gasteiger charge is -2.30. The molecular weight excluding hydrogens is 380 g/mol. The second-order valence-corrected chi connectivity index (χ2v) is 7.42. The molecule has 0 saturated carbocycles. The number of hydrogen-bond donors (Lipinski definition) is 1. The first kappa shape index (κ1) is 19.2. The number of aromatic nitrogens is 3. The molecule has 1 N–H and O–H groups in total. The van der Waals surface area contributed by atoms with Crippen molar-refractivity contribution >= 4 is 29.5 Å². The molecule has 0 amide bonds. The van der Waals surface area contributed by atoms with Gasteiger partial charge in [-0.1, -0.05) is 17.3 Å². The monoisotopic (exact) mass is 404 g/mol. The summed E-state index contributed by atoms with van der Waals surface area (Å²) in [6.45, 7) is 4.62. The van der Waals surface area contributed by atoms with Gasteiger partial charge >= 0.3 is 0 Å². The SMILES string of the molecule is CN1CCNCC1c1noc(C2CCN(c3nc4ccccc4o3)CC2)n1.Cl. The zero-order chi connectivity index (χ0) is 18.2. The number of fused-ring (bicyclic) bond motifs is 1. The fraction of sp³-hybridized carbons (Fsp3) is 0.526. The lowest BCUT2D eigenvalue weighted by atomic mass is 9.97. The fourth-order valence-electron chi connectivity index (χ4n) is 3.96. The van der Waals surface area contributed by atoms with Gasteiger partial charge in [-0.2, -0.15) is 9.97 Å². The van der Waals surface area contributed by atoms with Crippen LogP contribution in [0.25, 0.3) is 11.1 Å². The zero-order valence-electron chi connectivity index (χ0n) is 15.9. The van der Waals surface area contributed by atoms with Crippen molar-refractivity contribution in [1.82, 2.24) is 25.3 Å². The quantitative estimate of drug-likeness (QED) is 0.713. The largest absolute Gasteiger partial charge is 0.423 e. The van der Waals surface area contributed by atoms with Crippen LogP contribution in [0, 0.1) is 0 Å². The van der Waals surface area contributed by atoms with Gasteiger partial charge in [-0.15, -0.1) is 12.4 Å². The highest BCUT2D eigenvalue weighted by atomic mass is 35.5. The highest BCUT2D eigenvalue weighted by Gasteiger charge is 2.30. The Morgan fingerprint density at radius 2 is 1.93 bits per heavy atom. The molecule has 9 heteroatoms. The molecule has 2 aromatic heterocycles. The van der Waals surface area contributed by atoms with Gasteiger partial charge in [0.2, 0.25) is 5.89 Å². The second-order valence-electron chi connectivity index (χ2n) is 7.42. The van der Waals surface area contributed by atoms with E-state index < -0.39 is 0 Å². The molecule has 4 heterocycles. The van der Waals surface area contributed by atoms with Gasteiger partial charge in [0.1, 0.15) is 5.52 Å². The van der Waals surface area contributed by atoms with Gasteiger partial charge in [0, 0.05) is 38.6 Å². The van der Waals surface area contributed by atoms with E-state index in [9.17, 15) is 0 Å². The molecule has 1 unspecified atom stereocenters. The van der Waals surface area contributed by atoms with Crippen LogP contribution in [-0.2, 0) is 0 Å². The van der Waals surface area contributed by atoms with Crippen LogP contribution in [0.3, 0.4) is 0 Å². The Hall–Kier alpha value is -2.16. The van der Waals surface area contributed by atoms with Crippen LogP contribution in [0.4, 0.5) is 6.01 Å². The van der Waals surface area contributed by atoms with Gasteiger partial charge in [0.15, 0.2) is 11.4 Å². The normalized spacial score (nSPS) is 21.8. The van der Waals surface area contributed by atoms with Gasteiger partial charge in [0.25, 0.3) is 6.01 Å². The molecule has 150 valence electrons. The number of piperidine rings is 1. The lowest BCUT2D eigenvalue weighted by Crippen LogP contribution is -2.44. The molecule has 2 fully saturated rings. The number of hydrogen-bond acceptors (Lipinski definition) is 8. The Morgan fingerprint density at radius 3 is 2.71 bits per heavy atom. The van der Waals surface area contributed by atoms with E-state index in [-0.39, 0.29) is 18.4 Å². The number of piperazine rings is 1. The maximum Gasteiger partial charge on any atom is 0.298 e. The van der Waals surface area contributed by atoms with E-state index in [4.69, 9.17) is 13.9 Å². The van der Waals surface area contributed by atoms with Crippen LogP contribution >= 0.6 is 12.4 Å². The minimum Gasteiger partial charge on any atom is -0.423 e. The van der Waals surface area contributed by atoms with E-state index in [0.717, 1.165) is 68.4 Å². The van der Waals surface area contributed by atoms with Crippen LogP contribution < -0.4 is 10.2 Å². The summed E-state index contributed by atoms with van der Waals surface area (Å²) in [6, 6.07) is 8.78. The molecule has 5 rings (SSSR count). The number of halogens is 1. The summed E-state index contributed by atoms with van der Waals surface area (Å²) < 4.78 is 11.5. The number of likely N-dealkylation sites (N-methyl/N-ethyl adjacent to an activating group) is 1. The fourth-order valence-corrected chi connectivity index (χ4v) is 3.96. The standard InChI is InChI=1S/C19H24N6O2.ClH/c1-24-11-8-20-12-15(24)17-22-18(27-23-17)13-6-9-25(10-7-13)19-21-14-4-2-3-5-16(14)26-19;/h2-5,13,15,20H,6-12H2,1H3;1H. The van der Waals surface area contributed by atoms with E-state index >= 15 is 0 Å². The van der Waals surface area contributed by atoms with Crippen molar-refractivity contribution in [3.63, 3.8) is 0 Å². The van der Waals surface area contributed by atoms with Crippen molar-refractivity contribution in [2.75, 3.05) is 44.7 Å². The smallest absolute Gasteiger partial charge is 0.298 e. The van der Waals surface area contributed by atoms with Crippen molar-refractivity contribution in [3.05, 3.63) is 36.0 Å². The molecule has 0 radical (unpaired) electrons. The number of rotatable bonds is 3. The van der Waals surface area contributed by atoms with E-state index in [1.807, 2.05) is 24.3 Å². The van der Waals surface area contributed by atoms with Crippen molar-refractivity contribution in [1.29, 1.82) is 0 Å². The van der Waals surface area contributed by atoms with Gasteiger partial charge in [0.05, 0.1) is 6.04 Å². The molecule has 2 saturated heterocycles. The number of nitrogens with zero attached hydrogens (tertiary/aromatic N) is 5. The summed E-state index contributed by atoms with van der Waals surface area (Å²) in [5.41, 5.74) is 1.74. The summed E-state index contributed by atoms with van der Waals surface area (Å²) in [4.78, 5) is 13.8. The molecule has 0 spiro atoms. The minimum absolute atomic E-state index is 0. The van der Waals surface area contributed by atoms with Crippen molar-refractivity contribution in [3.8, 4) is 0 Å². The van der Waals surface area contributed by atoms with Crippen LogP contribution in [0.5, 0.6) is 0 Å². The van der Waals surface area contributed by atoms with Gasteiger partial charge in [-0.05, 0) is 32.0 Å². The van der Waals surface area contributed by atoms with Crippen LogP contribution in [-0.4, -0.2) is 59.8 Å². The summed E-state index contributed by atoms with van der Waals surface area (Å²) in [5.74, 6) is 1.86. The average molecular weight is 405 g/mol. The third kappa shape index (κ3) is 3.59. The first-order chi connectivity index (χ1) is 13.3. The van der Waals surface area contributed by atoms with E-state index in [0.29, 0.717) is 11.9 Å². The first-order valence-corrected chi connectivity index (χ1v) is 9.63. The molecule has 2 aliphatic heterocycles. The number of benzene rings is 1. The van der Waals surface area contributed by atoms with E-state index in [2.05, 4.69) is 32.3 Å². The molecule has 1 atom stereocenters. The Bertz CT molecular complexity index is 887. The predicted octanol–water partition coefficient (Wildman–Crippen LogP) is 2.59. The Balaban J connectivity index is 0.00000192. The van der Waals surface area contributed by atoms with Crippen molar-refractivity contribution in [2.24, 2.45) is 0 Å². The van der Waals surface area contributed by atoms with Crippen LogP contribution in [0.15, 0.2) is 33.2 Å². The van der Waals surface area contributed by atoms with E-state index in [1.54, 1.807) is 0 Å². The Kier molecular flexibility index (Phi) is 5.52. The van der Waals surface area contributed by atoms with Gasteiger partial charge in [-0.3, -0.25) is 4.90 Å². The first-order valence-electron chi connectivity index (χ1n) is 9.63. The number of nitrogens with one attached hydrogen (secondary N) is 1. The number of anilines is 1. The molecule has 8 nitrogen and oxygen atoms in total. The highest BCUT2D eigenvalue weighted by Crippen LogP contribution is 2.31. The maximum absolute atomic E-state index is 5.89. The summed E-state index contributed by atoms with van der Waals surface area (Å²) in [7, 11) is 2.11. The van der Waals surface area contributed by atoms with Crippen LogP contribution in [0.1, 0.15) is 36.5 Å².